The maximum Gasteiger partial charge on any atom is 0.269 e. The molecule has 0 radical (unpaired) electrons. The first-order valence-corrected chi connectivity index (χ1v) is 9.95. The fourth-order valence-corrected chi connectivity index (χ4v) is 3.77. The topological polar surface area (TPSA) is 88.8 Å². The zero-order chi connectivity index (χ0) is 21.0. The zero-order valence-corrected chi connectivity index (χ0v) is 18.5. The first-order chi connectivity index (χ1) is 13.9. The third-order valence-corrected chi connectivity index (χ3v) is 5.29. The van der Waals surface area contributed by atoms with Gasteiger partial charge in [0, 0.05) is 30.8 Å². The van der Waals surface area contributed by atoms with E-state index in [0.29, 0.717) is 36.1 Å². The van der Waals surface area contributed by atoms with E-state index in [1.165, 1.54) is 35.6 Å². The number of hydrogen-bond donors (Lipinski definition) is 0. The van der Waals surface area contributed by atoms with Crippen molar-refractivity contribution >= 4 is 50.7 Å². The number of nitro groups is 1. The van der Waals surface area contributed by atoms with E-state index >= 15 is 0 Å². The third-order valence-electron chi connectivity index (χ3n) is 4.24. The Hall–Kier alpha value is -2.75. The summed E-state index contributed by atoms with van der Waals surface area (Å²) in [4.78, 5) is 31.9. The van der Waals surface area contributed by atoms with Gasteiger partial charge in [0.1, 0.15) is 11.3 Å². The van der Waals surface area contributed by atoms with E-state index < -0.39 is 4.92 Å². The number of rotatable bonds is 8. The summed E-state index contributed by atoms with van der Waals surface area (Å²) in [6.07, 6.45) is 0. The van der Waals surface area contributed by atoms with Crippen molar-refractivity contribution in [3.63, 3.8) is 0 Å². The van der Waals surface area contributed by atoms with E-state index in [1.807, 2.05) is 44.1 Å². The lowest BCUT2D eigenvalue weighted by Gasteiger charge is -2.22. The minimum Gasteiger partial charge on any atom is -0.492 e. The number of non-ortho nitro benzene ring substituents is 1. The van der Waals surface area contributed by atoms with Gasteiger partial charge >= 0.3 is 0 Å². The Balaban J connectivity index is 0.00000320. The Kier molecular flexibility index (Phi) is 8.10. The standard InChI is InChI=1S/C20H22N4O4S.ClH/c1-4-28-16-6-5-7-17-18(16)21-20(29-17)23(13-12-22(2)3)19(25)14-8-10-15(11-9-14)24(26)27;/h5-11H,4,12-13H2,1-3H3;1H. The van der Waals surface area contributed by atoms with Crippen molar-refractivity contribution in [3.05, 3.63) is 58.1 Å². The second-order valence-electron chi connectivity index (χ2n) is 6.60. The van der Waals surface area contributed by atoms with Gasteiger partial charge in [-0.05, 0) is 45.3 Å². The molecule has 0 aliphatic heterocycles. The van der Waals surface area contributed by atoms with Crippen LogP contribution in [0.2, 0.25) is 0 Å². The first kappa shape index (κ1) is 23.5. The quantitative estimate of drug-likeness (QED) is 0.377. The maximum absolute atomic E-state index is 13.2. The van der Waals surface area contributed by atoms with E-state index in [9.17, 15) is 14.9 Å². The predicted octanol–water partition coefficient (Wildman–Crippen LogP) is 4.23. The van der Waals surface area contributed by atoms with Gasteiger partial charge in [-0.2, -0.15) is 0 Å². The van der Waals surface area contributed by atoms with Gasteiger partial charge in [-0.1, -0.05) is 17.4 Å². The molecule has 0 spiro atoms. The van der Waals surface area contributed by atoms with Gasteiger partial charge in [0.25, 0.3) is 11.6 Å². The second-order valence-corrected chi connectivity index (χ2v) is 7.61. The minimum absolute atomic E-state index is 0. The molecule has 0 atom stereocenters. The molecule has 0 aliphatic carbocycles. The van der Waals surface area contributed by atoms with Crippen LogP contribution >= 0.6 is 23.7 Å². The molecule has 10 heteroatoms. The molecule has 0 unspecified atom stereocenters. The highest BCUT2D eigenvalue weighted by atomic mass is 35.5. The third kappa shape index (κ3) is 5.24. The summed E-state index contributed by atoms with van der Waals surface area (Å²) in [6, 6.07) is 11.3. The van der Waals surface area contributed by atoms with Gasteiger partial charge in [-0.25, -0.2) is 4.98 Å². The number of para-hydroxylation sites is 1. The summed E-state index contributed by atoms with van der Waals surface area (Å²) in [5.74, 6) is 0.432. The second kappa shape index (κ2) is 10.3. The first-order valence-electron chi connectivity index (χ1n) is 9.14. The van der Waals surface area contributed by atoms with Crippen LogP contribution in [0.15, 0.2) is 42.5 Å². The van der Waals surface area contributed by atoms with E-state index in [4.69, 9.17) is 4.74 Å². The Morgan fingerprint density at radius 1 is 1.17 bits per heavy atom. The van der Waals surface area contributed by atoms with Crippen LogP contribution in [-0.4, -0.2) is 54.5 Å². The molecule has 3 rings (SSSR count). The summed E-state index contributed by atoms with van der Waals surface area (Å²) in [5.41, 5.74) is 1.04. The number of carbonyl (C=O) groups is 1. The van der Waals surface area contributed by atoms with Crippen molar-refractivity contribution in [2.24, 2.45) is 0 Å². The van der Waals surface area contributed by atoms with Crippen LogP contribution in [0.1, 0.15) is 17.3 Å². The summed E-state index contributed by atoms with van der Waals surface area (Å²) in [5, 5.41) is 11.5. The van der Waals surface area contributed by atoms with E-state index in [2.05, 4.69) is 4.98 Å². The fraction of sp³-hybridized carbons (Fsp3) is 0.300. The molecule has 0 bridgehead atoms. The average molecular weight is 451 g/mol. The summed E-state index contributed by atoms with van der Waals surface area (Å²) >= 11 is 1.42. The summed E-state index contributed by atoms with van der Waals surface area (Å²) in [7, 11) is 3.86. The van der Waals surface area contributed by atoms with Crippen LogP contribution in [0, 0.1) is 10.1 Å². The smallest absolute Gasteiger partial charge is 0.269 e. The summed E-state index contributed by atoms with van der Waals surface area (Å²) in [6.45, 7) is 3.52. The average Bonchev–Trinajstić information content (AvgIpc) is 3.13. The minimum atomic E-state index is -0.485. The number of nitro benzene ring substituents is 1. The van der Waals surface area contributed by atoms with Crippen molar-refractivity contribution in [1.82, 2.24) is 9.88 Å². The van der Waals surface area contributed by atoms with Crippen LogP contribution in [-0.2, 0) is 0 Å². The van der Waals surface area contributed by atoms with Crippen LogP contribution in [0.25, 0.3) is 10.2 Å². The number of fused-ring (bicyclic) bond motifs is 1. The Labute approximate surface area is 184 Å². The molecule has 0 N–H and O–H groups in total. The normalized spacial score (nSPS) is 10.7. The summed E-state index contributed by atoms with van der Waals surface area (Å²) < 4.78 is 6.59. The maximum atomic E-state index is 13.2. The molecule has 30 heavy (non-hydrogen) atoms. The van der Waals surface area contributed by atoms with Crippen molar-refractivity contribution in [2.45, 2.75) is 6.92 Å². The largest absolute Gasteiger partial charge is 0.492 e. The van der Waals surface area contributed by atoms with Crippen molar-refractivity contribution in [3.8, 4) is 5.75 Å². The number of carbonyl (C=O) groups excluding carboxylic acids is 1. The van der Waals surface area contributed by atoms with Gasteiger partial charge in [0.15, 0.2) is 5.13 Å². The highest BCUT2D eigenvalue weighted by molar-refractivity contribution is 7.22. The highest BCUT2D eigenvalue weighted by Crippen LogP contribution is 2.34. The number of nitrogens with zero attached hydrogens (tertiary/aromatic N) is 4. The predicted molar refractivity (Wildman–Crippen MR) is 121 cm³/mol. The number of amides is 1. The molecule has 0 fully saturated rings. The number of hydrogen-bond acceptors (Lipinski definition) is 7. The molecular weight excluding hydrogens is 428 g/mol. The molecule has 0 aliphatic rings. The number of halogens is 1. The number of likely N-dealkylation sites (N-methyl/N-ethyl adjacent to an activating group) is 1. The van der Waals surface area contributed by atoms with Gasteiger partial charge in [-0.15, -0.1) is 12.4 Å². The molecule has 0 saturated carbocycles. The molecule has 1 heterocycles. The lowest BCUT2D eigenvalue weighted by molar-refractivity contribution is -0.384. The van der Waals surface area contributed by atoms with Gasteiger partial charge in [0.2, 0.25) is 0 Å². The number of ether oxygens (including phenoxy) is 1. The molecule has 160 valence electrons. The van der Waals surface area contributed by atoms with Gasteiger partial charge in [-0.3, -0.25) is 19.8 Å². The van der Waals surface area contributed by atoms with Crippen LogP contribution in [0.5, 0.6) is 5.75 Å². The van der Waals surface area contributed by atoms with E-state index in [1.54, 1.807) is 4.90 Å². The molecule has 3 aromatic rings. The number of aromatic nitrogens is 1. The molecule has 1 amide bonds. The lowest BCUT2D eigenvalue weighted by atomic mass is 10.2. The Bertz CT molecular complexity index is 1020. The fourth-order valence-electron chi connectivity index (χ4n) is 2.76. The molecular formula is C20H23ClN4O4S. The van der Waals surface area contributed by atoms with E-state index in [0.717, 1.165) is 10.2 Å². The van der Waals surface area contributed by atoms with E-state index in [-0.39, 0.29) is 24.0 Å². The molecule has 8 nitrogen and oxygen atoms in total. The monoisotopic (exact) mass is 450 g/mol. The molecule has 1 aromatic heterocycles. The highest BCUT2D eigenvalue weighted by Gasteiger charge is 2.23. The van der Waals surface area contributed by atoms with Crippen molar-refractivity contribution in [2.75, 3.05) is 38.7 Å². The Morgan fingerprint density at radius 2 is 1.87 bits per heavy atom. The number of anilines is 1. The zero-order valence-electron chi connectivity index (χ0n) is 16.9. The van der Waals surface area contributed by atoms with Crippen LogP contribution in [0.3, 0.4) is 0 Å². The number of benzene rings is 2. The van der Waals surface area contributed by atoms with Crippen molar-refractivity contribution in [1.29, 1.82) is 0 Å². The molecule has 2 aromatic carbocycles. The number of thiazole rings is 1. The van der Waals surface area contributed by atoms with Gasteiger partial charge in [0.05, 0.1) is 16.2 Å². The lowest BCUT2D eigenvalue weighted by Crippen LogP contribution is -2.36. The van der Waals surface area contributed by atoms with Crippen LogP contribution in [0.4, 0.5) is 10.8 Å². The Morgan fingerprint density at radius 3 is 2.47 bits per heavy atom. The van der Waals surface area contributed by atoms with Gasteiger partial charge < -0.3 is 9.64 Å². The van der Waals surface area contributed by atoms with Crippen molar-refractivity contribution < 1.29 is 14.5 Å². The SMILES string of the molecule is CCOc1cccc2sc(N(CCN(C)C)C(=O)c3ccc([N+](=O)[O-])cc3)nc12.Cl. The molecule has 0 saturated heterocycles. The van der Waals surface area contributed by atoms with Crippen LogP contribution < -0.4 is 9.64 Å².